The molecule has 3 rings (SSSR count). The average molecular weight is 438 g/mol. The standard InChI is InChI=1S/C19H20ClN3O3S2/c1-10(2)23-28(25,26)13-5-6-15(20)14(9-13)18(24)22-19-21-17-12(4)7-11(3)8-16(17)27-19/h5-10,23H,1-4H3,(H,21,22,24). The second-order valence-electron chi connectivity index (χ2n) is 6.82. The number of amides is 1. The first-order valence-electron chi connectivity index (χ1n) is 8.58. The summed E-state index contributed by atoms with van der Waals surface area (Å²) in [4.78, 5) is 17.2. The van der Waals surface area contributed by atoms with Crippen LogP contribution in [0.5, 0.6) is 0 Å². The number of carbonyl (C=O) groups is 1. The van der Waals surface area contributed by atoms with Gasteiger partial charge in [-0.3, -0.25) is 10.1 Å². The number of thiazole rings is 1. The predicted octanol–water partition coefficient (Wildman–Crippen LogP) is 4.51. The maximum atomic E-state index is 12.7. The molecule has 1 amide bonds. The van der Waals surface area contributed by atoms with Gasteiger partial charge in [0.05, 0.1) is 25.7 Å². The molecule has 3 aromatic rings. The normalized spacial score (nSPS) is 11.9. The molecule has 0 unspecified atom stereocenters. The molecule has 148 valence electrons. The van der Waals surface area contributed by atoms with Crippen LogP contribution in [0.15, 0.2) is 35.2 Å². The lowest BCUT2D eigenvalue weighted by molar-refractivity contribution is 0.102. The summed E-state index contributed by atoms with van der Waals surface area (Å²) >= 11 is 7.50. The molecule has 0 atom stereocenters. The number of sulfonamides is 1. The smallest absolute Gasteiger partial charge is 0.259 e. The SMILES string of the molecule is Cc1cc(C)c2nc(NC(=O)c3cc(S(=O)(=O)NC(C)C)ccc3Cl)sc2c1. The van der Waals surface area contributed by atoms with Gasteiger partial charge in [0.1, 0.15) is 0 Å². The van der Waals surface area contributed by atoms with E-state index in [4.69, 9.17) is 11.6 Å². The molecule has 0 aliphatic heterocycles. The van der Waals surface area contributed by atoms with Gasteiger partial charge in [-0.05, 0) is 63.1 Å². The molecular weight excluding hydrogens is 418 g/mol. The largest absolute Gasteiger partial charge is 0.298 e. The van der Waals surface area contributed by atoms with Crippen molar-refractivity contribution in [1.82, 2.24) is 9.71 Å². The van der Waals surface area contributed by atoms with Crippen molar-refractivity contribution in [1.29, 1.82) is 0 Å². The zero-order chi connectivity index (χ0) is 20.6. The zero-order valence-electron chi connectivity index (χ0n) is 15.8. The number of rotatable bonds is 5. The van der Waals surface area contributed by atoms with E-state index in [0.717, 1.165) is 21.3 Å². The Labute approximate surface area is 173 Å². The Balaban J connectivity index is 1.93. The van der Waals surface area contributed by atoms with E-state index >= 15 is 0 Å². The van der Waals surface area contributed by atoms with E-state index in [1.54, 1.807) is 13.8 Å². The number of aryl methyl sites for hydroxylation is 2. The molecule has 0 fully saturated rings. The molecule has 28 heavy (non-hydrogen) atoms. The molecule has 0 spiro atoms. The number of halogens is 1. The van der Waals surface area contributed by atoms with Crippen molar-refractivity contribution in [3.05, 3.63) is 52.0 Å². The van der Waals surface area contributed by atoms with Gasteiger partial charge in [0.25, 0.3) is 5.91 Å². The summed E-state index contributed by atoms with van der Waals surface area (Å²) < 4.78 is 28.2. The molecule has 0 radical (unpaired) electrons. The summed E-state index contributed by atoms with van der Waals surface area (Å²) in [7, 11) is -3.74. The highest BCUT2D eigenvalue weighted by Crippen LogP contribution is 2.30. The highest BCUT2D eigenvalue weighted by Gasteiger charge is 2.20. The quantitative estimate of drug-likeness (QED) is 0.614. The maximum absolute atomic E-state index is 12.7. The Kier molecular flexibility index (Phi) is 5.77. The topological polar surface area (TPSA) is 88.2 Å². The third-order valence-corrected chi connectivity index (χ3v) is 6.84. The lowest BCUT2D eigenvalue weighted by Crippen LogP contribution is -2.30. The first-order chi connectivity index (χ1) is 13.1. The van der Waals surface area contributed by atoms with Crippen LogP contribution < -0.4 is 10.0 Å². The van der Waals surface area contributed by atoms with Crippen LogP contribution in [-0.4, -0.2) is 25.4 Å². The average Bonchev–Trinajstić information content (AvgIpc) is 2.96. The highest BCUT2D eigenvalue weighted by atomic mass is 35.5. The van der Waals surface area contributed by atoms with E-state index in [1.165, 1.54) is 29.5 Å². The van der Waals surface area contributed by atoms with Gasteiger partial charge in [0, 0.05) is 6.04 Å². The molecule has 1 heterocycles. The van der Waals surface area contributed by atoms with Crippen LogP contribution in [0, 0.1) is 13.8 Å². The van der Waals surface area contributed by atoms with Gasteiger partial charge >= 0.3 is 0 Å². The molecule has 0 aliphatic carbocycles. The third-order valence-electron chi connectivity index (χ3n) is 3.93. The van der Waals surface area contributed by atoms with Crippen molar-refractivity contribution < 1.29 is 13.2 Å². The summed E-state index contributed by atoms with van der Waals surface area (Å²) in [5, 5.41) is 3.31. The maximum Gasteiger partial charge on any atom is 0.259 e. The monoisotopic (exact) mass is 437 g/mol. The van der Waals surface area contributed by atoms with Gasteiger partial charge in [-0.25, -0.2) is 18.1 Å². The predicted molar refractivity (Wildman–Crippen MR) is 114 cm³/mol. The Morgan fingerprint density at radius 2 is 1.89 bits per heavy atom. The molecular formula is C19H20ClN3O3S2. The number of carbonyl (C=O) groups excluding carboxylic acids is 1. The van der Waals surface area contributed by atoms with Crippen LogP contribution in [0.2, 0.25) is 5.02 Å². The van der Waals surface area contributed by atoms with Crippen LogP contribution >= 0.6 is 22.9 Å². The van der Waals surface area contributed by atoms with E-state index in [9.17, 15) is 13.2 Å². The minimum absolute atomic E-state index is 0.0217. The fraction of sp³-hybridized carbons (Fsp3) is 0.263. The number of aromatic nitrogens is 1. The Hall–Kier alpha value is -2.00. The number of anilines is 1. The minimum Gasteiger partial charge on any atom is -0.298 e. The summed E-state index contributed by atoms with van der Waals surface area (Å²) in [5.41, 5.74) is 3.04. The van der Waals surface area contributed by atoms with E-state index < -0.39 is 15.9 Å². The first kappa shape index (κ1) is 20.7. The fourth-order valence-electron chi connectivity index (χ4n) is 2.81. The molecule has 2 aromatic carbocycles. The van der Waals surface area contributed by atoms with Gasteiger partial charge in [-0.1, -0.05) is 29.0 Å². The van der Waals surface area contributed by atoms with Crippen molar-refractivity contribution in [2.24, 2.45) is 0 Å². The zero-order valence-corrected chi connectivity index (χ0v) is 18.2. The Morgan fingerprint density at radius 1 is 1.18 bits per heavy atom. The van der Waals surface area contributed by atoms with Gasteiger partial charge in [0.15, 0.2) is 5.13 Å². The number of fused-ring (bicyclic) bond motifs is 1. The van der Waals surface area contributed by atoms with Crippen LogP contribution in [0.1, 0.15) is 35.3 Å². The molecule has 0 bridgehead atoms. The number of nitrogens with one attached hydrogen (secondary N) is 2. The third kappa shape index (κ3) is 4.35. The number of hydrogen-bond donors (Lipinski definition) is 2. The van der Waals surface area contributed by atoms with Crippen LogP contribution in [0.25, 0.3) is 10.2 Å². The van der Waals surface area contributed by atoms with Crippen LogP contribution in [-0.2, 0) is 10.0 Å². The van der Waals surface area contributed by atoms with E-state index in [-0.39, 0.29) is 21.5 Å². The molecule has 2 N–H and O–H groups in total. The summed E-state index contributed by atoms with van der Waals surface area (Å²) in [6.07, 6.45) is 0. The molecule has 0 saturated heterocycles. The number of hydrogen-bond acceptors (Lipinski definition) is 5. The molecule has 0 aliphatic rings. The second kappa shape index (κ2) is 7.79. The van der Waals surface area contributed by atoms with Crippen molar-refractivity contribution >= 4 is 54.2 Å². The van der Waals surface area contributed by atoms with Crippen molar-refractivity contribution in [3.8, 4) is 0 Å². The second-order valence-corrected chi connectivity index (χ2v) is 9.97. The molecule has 0 saturated carbocycles. The van der Waals surface area contributed by atoms with Crippen LogP contribution in [0.4, 0.5) is 5.13 Å². The summed E-state index contributed by atoms with van der Waals surface area (Å²) in [6.45, 7) is 7.41. The lowest BCUT2D eigenvalue weighted by atomic mass is 10.1. The first-order valence-corrected chi connectivity index (χ1v) is 11.3. The number of benzene rings is 2. The lowest BCUT2D eigenvalue weighted by Gasteiger charge is -2.11. The fourth-order valence-corrected chi connectivity index (χ4v) is 5.33. The van der Waals surface area contributed by atoms with Gasteiger partial charge in [-0.2, -0.15) is 0 Å². The Morgan fingerprint density at radius 3 is 2.57 bits per heavy atom. The van der Waals surface area contributed by atoms with Crippen molar-refractivity contribution in [3.63, 3.8) is 0 Å². The van der Waals surface area contributed by atoms with E-state index in [1.807, 2.05) is 26.0 Å². The van der Waals surface area contributed by atoms with Gasteiger partial charge in [0.2, 0.25) is 10.0 Å². The summed E-state index contributed by atoms with van der Waals surface area (Å²) in [5.74, 6) is -0.514. The van der Waals surface area contributed by atoms with E-state index in [2.05, 4.69) is 15.0 Å². The van der Waals surface area contributed by atoms with Gasteiger partial charge < -0.3 is 0 Å². The summed E-state index contributed by atoms with van der Waals surface area (Å²) in [6, 6.07) is 7.80. The molecule has 6 nitrogen and oxygen atoms in total. The molecule has 1 aromatic heterocycles. The van der Waals surface area contributed by atoms with Crippen molar-refractivity contribution in [2.75, 3.05) is 5.32 Å². The minimum atomic E-state index is -3.74. The Bertz CT molecular complexity index is 1170. The van der Waals surface area contributed by atoms with Crippen LogP contribution in [0.3, 0.4) is 0 Å². The van der Waals surface area contributed by atoms with Gasteiger partial charge in [-0.15, -0.1) is 0 Å². The molecule has 9 heteroatoms. The highest BCUT2D eigenvalue weighted by molar-refractivity contribution is 7.89. The van der Waals surface area contributed by atoms with Crippen molar-refractivity contribution in [2.45, 2.75) is 38.6 Å². The number of nitrogens with zero attached hydrogens (tertiary/aromatic N) is 1. The van der Waals surface area contributed by atoms with E-state index in [0.29, 0.717) is 5.13 Å².